The van der Waals surface area contributed by atoms with Crippen LogP contribution in [-0.4, -0.2) is 75.0 Å². The fourth-order valence-electron chi connectivity index (χ4n) is 2.20. The fourth-order valence-corrected chi connectivity index (χ4v) is 2.20. The molecule has 0 heterocycles. The van der Waals surface area contributed by atoms with Crippen molar-refractivity contribution in [3.8, 4) is 0 Å². The Morgan fingerprint density at radius 2 is 1.85 bits per heavy atom. The second-order valence-electron chi connectivity index (χ2n) is 7.48. The molecule has 0 radical (unpaired) electrons. The second kappa shape index (κ2) is 10.2. The van der Waals surface area contributed by atoms with Gasteiger partial charge in [0, 0.05) is 38.3 Å². The number of carbonyl (C=O) groups is 1. The first kappa shape index (κ1) is 22.0. The molecule has 0 fully saturated rings. The molecule has 1 amide bonds. The van der Waals surface area contributed by atoms with E-state index in [1.54, 1.807) is 19.0 Å². The van der Waals surface area contributed by atoms with Gasteiger partial charge in [0.25, 0.3) is 5.91 Å². The Kier molecular flexibility index (Phi) is 8.58. The molecule has 1 aromatic rings. The van der Waals surface area contributed by atoms with Gasteiger partial charge < -0.3 is 20.4 Å². The van der Waals surface area contributed by atoms with Crippen molar-refractivity contribution >= 4 is 11.9 Å². The molecule has 6 nitrogen and oxygen atoms in total. The number of nitrogens with one attached hydrogen (secondary N) is 2. The highest BCUT2D eigenvalue weighted by atomic mass is 16.2. The third-order valence-electron chi connectivity index (χ3n) is 4.47. The summed E-state index contributed by atoms with van der Waals surface area (Å²) in [5, 5.41) is 6.66. The standard InChI is InChI=1S/C20H35N5O/c1-8-21-19(23-15-20(2,3)25(6)7)22-13-12-16-10-9-11-17(14-16)18(26)24(4)5/h9-11,14H,8,12-13,15H2,1-7H3,(H2,21,22,23). The fraction of sp³-hybridized carbons (Fsp3) is 0.600. The lowest BCUT2D eigenvalue weighted by atomic mass is 10.1. The highest BCUT2D eigenvalue weighted by Crippen LogP contribution is 2.10. The third-order valence-corrected chi connectivity index (χ3v) is 4.47. The summed E-state index contributed by atoms with van der Waals surface area (Å²) in [5.41, 5.74) is 1.86. The number of nitrogens with zero attached hydrogens (tertiary/aromatic N) is 3. The van der Waals surface area contributed by atoms with E-state index in [2.05, 4.69) is 50.4 Å². The van der Waals surface area contributed by atoms with E-state index in [4.69, 9.17) is 4.99 Å². The number of hydrogen-bond donors (Lipinski definition) is 2. The molecule has 26 heavy (non-hydrogen) atoms. The summed E-state index contributed by atoms with van der Waals surface area (Å²) in [6.45, 7) is 8.70. The van der Waals surface area contributed by atoms with Crippen molar-refractivity contribution < 1.29 is 4.79 Å². The zero-order valence-corrected chi connectivity index (χ0v) is 17.4. The molecular formula is C20H35N5O. The normalized spacial score (nSPS) is 12.2. The topological polar surface area (TPSA) is 60.0 Å². The van der Waals surface area contributed by atoms with Crippen LogP contribution in [0.2, 0.25) is 0 Å². The third kappa shape index (κ3) is 7.04. The van der Waals surface area contributed by atoms with Crippen molar-refractivity contribution in [1.29, 1.82) is 0 Å². The van der Waals surface area contributed by atoms with Crippen molar-refractivity contribution in [2.75, 3.05) is 47.8 Å². The molecule has 0 aliphatic carbocycles. The molecule has 1 aromatic carbocycles. The van der Waals surface area contributed by atoms with E-state index in [0.29, 0.717) is 6.54 Å². The van der Waals surface area contributed by atoms with E-state index in [9.17, 15) is 4.79 Å². The molecule has 0 unspecified atom stereocenters. The molecule has 2 N–H and O–H groups in total. The van der Waals surface area contributed by atoms with Crippen molar-refractivity contribution in [3.05, 3.63) is 35.4 Å². The van der Waals surface area contributed by atoms with Crippen LogP contribution in [0.5, 0.6) is 0 Å². The van der Waals surface area contributed by atoms with Crippen molar-refractivity contribution in [1.82, 2.24) is 20.4 Å². The zero-order valence-electron chi connectivity index (χ0n) is 17.4. The lowest BCUT2D eigenvalue weighted by Crippen LogP contribution is -2.44. The lowest BCUT2D eigenvalue weighted by Gasteiger charge is -2.31. The average molecular weight is 362 g/mol. The number of carbonyl (C=O) groups excluding carboxylic acids is 1. The Labute approximate surface area is 158 Å². The summed E-state index contributed by atoms with van der Waals surface area (Å²) in [6, 6.07) is 7.80. The van der Waals surface area contributed by atoms with E-state index in [-0.39, 0.29) is 11.4 Å². The van der Waals surface area contributed by atoms with Gasteiger partial charge in [-0.15, -0.1) is 0 Å². The SMILES string of the molecule is CCNC(=NCC(C)(C)N(C)C)NCCc1cccc(C(=O)N(C)C)c1. The highest BCUT2D eigenvalue weighted by molar-refractivity contribution is 5.94. The van der Waals surface area contributed by atoms with Crippen molar-refractivity contribution in [2.45, 2.75) is 32.7 Å². The highest BCUT2D eigenvalue weighted by Gasteiger charge is 2.19. The maximum atomic E-state index is 12.1. The largest absolute Gasteiger partial charge is 0.357 e. The first-order valence-electron chi connectivity index (χ1n) is 9.17. The molecule has 146 valence electrons. The number of likely N-dealkylation sites (N-methyl/N-ethyl adjacent to an activating group) is 1. The van der Waals surface area contributed by atoms with Gasteiger partial charge in [0.2, 0.25) is 0 Å². The minimum Gasteiger partial charge on any atom is -0.357 e. The van der Waals surface area contributed by atoms with Crippen LogP contribution in [0.1, 0.15) is 36.7 Å². The summed E-state index contributed by atoms with van der Waals surface area (Å²) in [6.07, 6.45) is 0.829. The first-order valence-corrected chi connectivity index (χ1v) is 9.17. The maximum Gasteiger partial charge on any atom is 0.253 e. The van der Waals surface area contributed by atoms with E-state index >= 15 is 0 Å². The lowest BCUT2D eigenvalue weighted by molar-refractivity contribution is 0.0827. The number of benzene rings is 1. The number of rotatable bonds is 8. The van der Waals surface area contributed by atoms with Crippen molar-refractivity contribution in [3.63, 3.8) is 0 Å². The summed E-state index contributed by atoms with van der Waals surface area (Å²) < 4.78 is 0. The van der Waals surface area contributed by atoms with Crippen LogP contribution in [0.4, 0.5) is 0 Å². The van der Waals surface area contributed by atoms with Crippen LogP contribution in [0, 0.1) is 0 Å². The molecule has 1 rings (SSSR count). The van der Waals surface area contributed by atoms with Gasteiger partial charge in [0.15, 0.2) is 5.96 Å². The Hall–Kier alpha value is -2.08. The molecule has 0 saturated heterocycles. The molecule has 0 bridgehead atoms. The van der Waals surface area contributed by atoms with Crippen LogP contribution in [0.3, 0.4) is 0 Å². The van der Waals surface area contributed by atoms with Gasteiger partial charge in [-0.1, -0.05) is 12.1 Å². The van der Waals surface area contributed by atoms with Crippen LogP contribution in [0.15, 0.2) is 29.3 Å². The van der Waals surface area contributed by atoms with E-state index in [0.717, 1.165) is 36.6 Å². The maximum absolute atomic E-state index is 12.1. The van der Waals surface area contributed by atoms with Crippen LogP contribution >= 0.6 is 0 Å². The summed E-state index contributed by atoms with van der Waals surface area (Å²) in [5.74, 6) is 0.851. The van der Waals surface area contributed by atoms with Gasteiger partial charge in [0.05, 0.1) is 6.54 Å². The summed E-state index contributed by atoms with van der Waals surface area (Å²) in [7, 11) is 7.67. The predicted octanol–water partition coefficient (Wildman–Crippen LogP) is 1.83. The molecule has 0 aliphatic rings. The van der Waals surface area contributed by atoms with Gasteiger partial charge in [-0.25, -0.2) is 0 Å². The van der Waals surface area contributed by atoms with Gasteiger partial charge in [-0.3, -0.25) is 9.79 Å². The first-order chi connectivity index (χ1) is 12.2. The number of amides is 1. The Morgan fingerprint density at radius 1 is 1.15 bits per heavy atom. The molecule has 0 spiro atoms. The average Bonchev–Trinajstić information content (AvgIpc) is 2.59. The number of hydrogen-bond acceptors (Lipinski definition) is 3. The molecule has 0 aliphatic heterocycles. The summed E-state index contributed by atoms with van der Waals surface area (Å²) >= 11 is 0. The minimum absolute atomic E-state index is 0.00320. The Morgan fingerprint density at radius 3 is 2.42 bits per heavy atom. The number of aliphatic imine (C=N–C) groups is 1. The molecule has 6 heteroatoms. The molecule has 0 atom stereocenters. The van der Waals surface area contributed by atoms with E-state index < -0.39 is 0 Å². The quantitative estimate of drug-likeness (QED) is 0.548. The predicted molar refractivity (Wildman–Crippen MR) is 110 cm³/mol. The Balaban J connectivity index is 2.65. The monoisotopic (exact) mass is 361 g/mol. The zero-order chi connectivity index (χ0) is 19.7. The smallest absolute Gasteiger partial charge is 0.253 e. The Bertz CT molecular complexity index is 608. The van der Waals surface area contributed by atoms with Crippen LogP contribution < -0.4 is 10.6 Å². The van der Waals surface area contributed by atoms with Gasteiger partial charge in [0.1, 0.15) is 0 Å². The van der Waals surface area contributed by atoms with Crippen molar-refractivity contribution in [2.24, 2.45) is 4.99 Å². The minimum atomic E-state index is 0.00320. The van der Waals surface area contributed by atoms with Crippen LogP contribution in [-0.2, 0) is 6.42 Å². The second-order valence-corrected chi connectivity index (χ2v) is 7.48. The molecular weight excluding hydrogens is 326 g/mol. The van der Waals surface area contributed by atoms with E-state index in [1.165, 1.54) is 0 Å². The van der Waals surface area contributed by atoms with Gasteiger partial charge in [-0.2, -0.15) is 0 Å². The van der Waals surface area contributed by atoms with Gasteiger partial charge in [-0.05, 0) is 59.0 Å². The van der Waals surface area contributed by atoms with Gasteiger partial charge >= 0.3 is 0 Å². The number of guanidine groups is 1. The summed E-state index contributed by atoms with van der Waals surface area (Å²) in [4.78, 5) is 20.5. The molecule has 0 aromatic heterocycles. The molecule has 0 saturated carbocycles. The van der Waals surface area contributed by atoms with E-state index in [1.807, 2.05) is 24.3 Å². The van der Waals surface area contributed by atoms with Crippen LogP contribution in [0.25, 0.3) is 0 Å².